The van der Waals surface area contributed by atoms with E-state index in [2.05, 4.69) is 11.8 Å². The van der Waals surface area contributed by atoms with Gasteiger partial charge in [0.25, 0.3) is 5.24 Å². The highest BCUT2D eigenvalue weighted by Crippen LogP contribution is 2.11. The maximum atomic E-state index is 10.7. The van der Waals surface area contributed by atoms with Crippen LogP contribution in [0.1, 0.15) is 43.0 Å². The van der Waals surface area contributed by atoms with Crippen LogP contribution in [0.3, 0.4) is 0 Å². The quantitative estimate of drug-likeness (QED) is 0.664. The first-order valence-corrected chi connectivity index (χ1v) is 7.25. The molecule has 0 radical (unpaired) electrons. The summed E-state index contributed by atoms with van der Waals surface area (Å²) in [6.45, 7) is 3.73. The Kier molecular flexibility index (Phi) is 6.80. The average Bonchev–Trinajstić information content (AvgIpc) is 2.55. The van der Waals surface area contributed by atoms with Gasteiger partial charge in [-0.3, -0.25) is 4.79 Å². The van der Waals surface area contributed by atoms with E-state index in [0.717, 1.165) is 11.1 Å². The third-order valence-corrected chi connectivity index (χ3v) is 3.48. The molecule has 0 aliphatic rings. The standard InChI is InChI=1S/C10H7ClO.C10H8O2/c2*1-3-8-6-9(10(11)12)5-4-7(8)2/h1,4-6H,2H3;1,4-6H,2H3,(H,11,12). The zero-order valence-electron chi connectivity index (χ0n) is 13.3. The van der Waals surface area contributed by atoms with Gasteiger partial charge in [-0.2, -0.15) is 0 Å². The van der Waals surface area contributed by atoms with Crippen molar-refractivity contribution in [2.45, 2.75) is 13.8 Å². The van der Waals surface area contributed by atoms with E-state index < -0.39 is 11.2 Å². The zero-order valence-corrected chi connectivity index (χ0v) is 14.0. The lowest BCUT2D eigenvalue weighted by Crippen LogP contribution is -1.97. The summed E-state index contributed by atoms with van der Waals surface area (Å²) in [4.78, 5) is 21.2. The Morgan fingerprint density at radius 1 is 0.917 bits per heavy atom. The SMILES string of the molecule is C#Cc1cc(C(=O)Cl)ccc1C.C#Cc1cc(C(=O)O)ccc1C. The van der Waals surface area contributed by atoms with Crippen molar-refractivity contribution in [1.29, 1.82) is 0 Å². The van der Waals surface area contributed by atoms with Crippen LogP contribution in [0.4, 0.5) is 0 Å². The molecule has 2 aromatic carbocycles. The molecule has 2 rings (SSSR count). The molecule has 0 aliphatic heterocycles. The molecule has 0 aliphatic carbocycles. The number of terminal acetylenes is 2. The summed E-state index contributed by atoms with van der Waals surface area (Å²) in [6, 6.07) is 9.80. The number of aromatic carboxylic acids is 1. The molecule has 24 heavy (non-hydrogen) atoms. The molecule has 0 heterocycles. The van der Waals surface area contributed by atoms with Crippen molar-refractivity contribution >= 4 is 22.8 Å². The van der Waals surface area contributed by atoms with Crippen LogP contribution >= 0.6 is 11.6 Å². The fourth-order valence-corrected chi connectivity index (χ4v) is 1.93. The molecular formula is C20H15ClO3. The van der Waals surface area contributed by atoms with E-state index in [-0.39, 0.29) is 5.56 Å². The van der Waals surface area contributed by atoms with Crippen LogP contribution in [0.2, 0.25) is 0 Å². The van der Waals surface area contributed by atoms with E-state index in [0.29, 0.717) is 16.7 Å². The van der Waals surface area contributed by atoms with Gasteiger partial charge in [0.15, 0.2) is 0 Å². The number of hydrogen-bond acceptors (Lipinski definition) is 2. The van der Waals surface area contributed by atoms with E-state index >= 15 is 0 Å². The molecular weight excluding hydrogens is 324 g/mol. The van der Waals surface area contributed by atoms with Crippen molar-refractivity contribution < 1.29 is 14.7 Å². The van der Waals surface area contributed by atoms with E-state index in [1.807, 2.05) is 13.8 Å². The molecule has 0 bridgehead atoms. The van der Waals surface area contributed by atoms with Gasteiger partial charge in [-0.1, -0.05) is 24.0 Å². The minimum absolute atomic E-state index is 0.230. The highest BCUT2D eigenvalue weighted by molar-refractivity contribution is 6.67. The van der Waals surface area contributed by atoms with E-state index in [1.165, 1.54) is 6.07 Å². The number of carbonyl (C=O) groups is 2. The topological polar surface area (TPSA) is 54.4 Å². The van der Waals surface area contributed by atoms with Gasteiger partial charge in [0.1, 0.15) is 0 Å². The summed E-state index contributed by atoms with van der Waals surface area (Å²) in [5.74, 6) is 3.95. The third kappa shape index (κ3) is 5.02. The van der Waals surface area contributed by atoms with Crippen molar-refractivity contribution in [2.24, 2.45) is 0 Å². The molecule has 120 valence electrons. The second-order valence-electron chi connectivity index (χ2n) is 4.93. The molecule has 0 saturated carbocycles. The van der Waals surface area contributed by atoms with Crippen LogP contribution in [0.15, 0.2) is 36.4 Å². The number of carbonyl (C=O) groups excluding carboxylic acids is 1. The monoisotopic (exact) mass is 338 g/mol. The first-order valence-electron chi connectivity index (χ1n) is 6.87. The number of hydrogen-bond donors (Lipinski definition) is 1. The van der Waals surface area contributed by atoms with Gasteiger partial charge < -0.3 is 5.11 Å². The third-order valence-electron chi connectivity index (χ3n) is 3.26. The molecule has 0 spiro atoms. The maximum Gasteiger partial charge on any atom is 0.335 e. The Morgan fingerprint density at radius 2 is 1.33 bits per heavy atom. The molecule has 0 amide bonds. The highest BCUT2D eigenvalue weighted by atomic mass is 35.5. The largest absolute Gasteiger partial charge is 0.478 e. The summed E-state index contributed by atoms with van der Waals surface area (Å²) in [5, 5.41) is 8.15. The Balaban J connectivity index is 0.000000240. The van der Waals surface area contributed by atoms with Crippen LogP contribution in [-0.2, 0) is 0 Å². The lowest BCUT2D eigenvalue weighted by atomic mass is 10.1. The van der Waals surface area contributed by atoms with Gasteiger partial charge >= 0.3 is 5.97 Å². The highest BCUT2D eigenvalue weighted by Gasteiger charge is 2.04. The van der Waals surface area contributed by atoms with Crippen molar-refractivity contribution in [2.75, 3.05) is 0 Å². The predicted molar refractivity (Wildman–Crippen MR) is 95.4 cm³/mol. The van der Waals surface area contributed by atoms with Crippen LogP contribution in [0, 0.1) is 38.5 Å². The smallest absolute Gasteiger partial charge is 0.335 e. The fourth-order valence-electron chi connectivity index (χ4n) is 1.81. The van der Waals surface area contributed by atoms with Crippen LogP contribution < -0.4 is 0 Å². The Labute approximate surface area is 146 Å². The van der Waals surface area contributed by atoms with Gasteiger partial charge in [-0.15, -0.1) is 12.8 Å². The van der Waals surface area contributed by atoms with Gasteiger partial charge in [0.05, 0.1) is 5.56 Å². The van der Waals surface area contributed by atoms with E-state index in [9.17, 15) is 9.59 Å². The number of benzene rings is 2. The van der Waals surface area contributed by atoms with Crippen molar-refractivity contribution in [3.05, 3.63) is 69.8 Å². The molecule has 0 aromatic heterocycles. The number of carboxylic acid groups (broad SMARTS) is 1. The molecule has 0 unspecified atom stereocenters. The fraction of sp³-hybridized carbons (Fsp3) is 0.100. The van der Waals surface area contributed by atoms with Gasteiger partial charge in [-0.25, -0.2) is 4.79 Å². The van der Waals surface area contributed by atoms with Gasteiger partial charge in [0.2, 0.25) is 0 Å². The van der Waals surface area contributed by atoms with Crippen LogP contribution in [0.5, 0.6) is 0 Å². The second-order valence-corrected chi connectivity index (χ2v) is 5.27. The molecule has 4 heteroatoms. The summed E-state index contributed by atoms with van der Waals surface area (Å²) < 4.78 is 0. The molecule has 0 atom stereocenters. The number of aryl methyl sites for hydroxylation is 2. The number of halogens is 1. The lowest BCUT2D eigenvalue weighted by Gasteiger charge is -1.99. The first kappa shape index (κ1) is 19.0. The Bertz CT molecular complexity index is 794. The Morgan fingerprint density at radius 3 is 1.71 bits per heavy atom. The van der Waals surface area contributed by atoms with Gasteiger partial charge in [-0.05, 0) is 60.8 Å². The molecule has 2 aromatic rings. The molecule has 1 N–H and O–H groups in total. The van der Waals surface area contributed by atoms with Crippen LogP contribution in [0.25, 0.3) is 0 Å². The summed E-state index contributed by atoms with van der Waals surface area (Å²) >= 11 is 5.28. The minimum atomic E-state index is -0.952. The molecule has 0 saturated heterocycles. The second kappa shape index (κ2) is 8.58. The summed E-state index contributed by atoms with van der Waals surface area (Å²) in [6.07, 6.45) is 10.4. The first-order chi connectivity index (χ1) is 11.3. The number of rotatable bonds is 2. The summed E-state index contributed by atoms with van der Waals surface area (Å²) in [5.41, 5.74) is 3.90. The average molecular weight is 339 g/mol. The van der Waals surface area contributed by atoms with E-state index in [4.69, 9.17) is 29.6 Å². The molecule has 0 fully saturated rings. The Hall–Kier alpha value is -3.01. The zero-order chi connectivity index (χ0) is 18.3. The van der Waals surface area contributed by atoms with Crippen LogP contribution in [-0.4, -0.2) is 16.3 Å². The van der Waals surface area contributed by atoms with Crippen molar-refractivity contribution in [3.63, 3.8) is 0 Å². The number of carboxylic acids is 1. The minimum Gasteiger partial charge on any atom is -0.478 e. The lowest BCUT2D eigenvalue weighted by molar-refractivity contribution is 0.0696. The van der Waals surface area contributed by atoms with Crippen molar-refractivity contribution in [3.8, 4) is 24.7 Å². The molecule has 3 nitrogen and oxygen atoms in total. The predicted octanol–water partition coefficient (Wildman–Crippen LogP) is 4.03. The van der Waals surface area contributed by atoms with Crippen molar-refractivity contribution in [1.82, 2.24) is 0 Å². The normalized spacial score (nSPS) is 9.04. The van der Waals surface area contributed by atoms with E-state index in [1.54, 1.807) is 30.3 Å². The maximum absolute atomic E-state index is 10.7. The van der Waals surface area contributed by atoms with Gasteiger partial charge in [0, 0.05) is 16.7 Å². The summed E-state index contributed by atoms with van der Waals surface area (Å²) in [7, 11) is 0.